The van der Waals surface area contributed by atoms with Crippen molar-refractivity contribution < 1.29 is 24.6 Å². The molecule has 0 aromatic heterocycles. The topological polar surface area (TPSA) is 109 Å². The minimum atomic E-state index is -1.46. The maximum absolute atomic E-state index is 12.2. The summed E-state index contributed by atoms with van der Waals surface area (Å²) in [5.41, 5.74) is -0.0419. The molecule has 0 aliphatic heterocycles. The van der Waals surface area contributed by atoms with Crippen LogP contribution in [0.2, 0.25) is 5.02 Å². The van der Waals surface area contributed by atoms with E-state index in [9.17, 15) is 24.6 Å². The van der Waals surface area contributed by atoms with Crippen LogP contribution in [0.5, 0.6) is 0 Å². The fraction of sp³-hybridized carbons (Fsp3) is 0.267. The number of amides is 1. The van der Waals surface area contributed by atoms with Gasteiger partial charge in [-0.2, -0.15) is 0 Å². The molecule has 0 fully saturated rings. The Bertz CT molecular complexity index is 655. The van der Waals surface area contributed by atoms with E-state index in [0.717, 1.165) is 0 Å². The van der Waals surface area contributed by atoms with E-state index in [0.29, 0.717) is 0 Å². The average molecular weight is 322 g/mol. The average Bonchev–Trinajstić information content (AvgIpc) is 2.48. The largest absolute Gasteiger partial charge is 0.550 e. The molecule has 116 valence electrons. The van der Waals surface area contributed by atoms with Gasteiger partial charge in [0.15, 0.2) is 0 Å². The molecule has 0 unspecified atom stereocenters. The molecule has 22 heavy (non-hydrogen) atoms. The summed E-state index contributed by atoms with van der Waals surface area (Å²) < 4.78 is 0. The highest BCUT2D eigenvalue weighted by Crippen LogP contribution is 2.27. The maximum Gasteiger partial charge on any atom is 0.228 e. The summed E-state index contributed by atoms with van der Waals surface area (Å²) in [5, 5.41) is 24.5. The minimum absolute atomic E-state index is 0.00814. The lowest BCUT2D eigenvalue weighted by molar-refractivity contribution is -0.313. The summed E-state index contributed by atoms with van der Waals surface area (Å²) in [6, 6.07) is 3.92. The lowest BCUT2D eigenvalue weighted by Crippen LogP contribution is -2.41. The van der Waals surface area contributed by atoms with Gasteiger partial charge in [0.2, 0.25) is 5.91 Å². The molecule has 2 rings (SSSR count). The Morgan fingerprint density at radius 1 is 1.09 bits per heavy atom. The van der Waals surface area contributed by atoms with Crippen molar-refractivity contribution >= 4 is 35.1 Å². The molecule has 0 radical (unpaired) electrons. The Kier molecular flexibility index (Phi) is 4.82. The molecule has 0 saturated heterocycles. The van der Waals surface area contributed by atoms with Crippen LogP contribution in [0.15, 0.2) is 30.4 Å². The molecule has 1 aliphatic rings. The number of nitrogens with one attached hydrogen (secondary N) is 1. The number of carboxylic acids is 2. The number of aliphatic carboxylic acids is 1. The molecule has 1 amide bonds. The van der Waals surface area contributed by atoms with Crippen LogP contribution in [0, 0.1) is 11.8 Å². The van der Waals surface area contributed by atoms with Gasteiger partial charge in [0, 0.05) is 28.2 Å². The first-order chi connectivity index (χ1) is 10.4. The summed E-state index contributed by atoms with van der Waals surface area (Å²) in [4.78, 5) is 34.2. The van der Waals surface area contributed by atoms with Crippen molar-refractivity contribution in [2.75, 3.05) is 5.32 Å². The summed E-state index contributed by atoms with van der Waals surface area (Å²) in [6.45, 7) is 0. The SMILES string of the molecule is O=C([O-])c1cc(NC(=O)[C@H]2CC=CC[C@@H]2C(=O)[O-])ccc1Cl. The number of hydrogen-bond donors (Lipinski definition) is 1. The molecule has 0 saturated carbocycles. The summed E-state index contributed by atoms with van der Waals surface area (Å²) in [6.07, 6.45) is 3.94. The van der Waals surface area contributed by atoms with E-state index < -0.39 is 29.7 Å². The number of allylic oxidation sites excluding steroid dienone is 2. The highest BCUT2D eigenvalue weighted by Gasteiger charge is 2.29. The van der Waals surface area contributed by atoms with Crippen molar-refractivity contribution in [1.82, 2.24) is 0 Å². The summed E-state index contributed by atoms with van der Waals surface area (Å²) >= 11 is 5.71. The number of halogens is 1. The lowest BCUT2D eigenvalue weighted by atomic mass is 9.82. The van der Waals surface area contributed by atoms with Crippen molar-refractivity contribution in [1.29, 1.82) is 0 Å². The van der Waals surface area contributed by atoms with Gasteiger partial charge in [-0.15, -0.1) is 0 Å². The van der Waals surface area contributed by atoms with E-state index in [4.69, 9.17) is 11.6 Å². The maximum atomic E-state index is 12.2. The molecule has 0 spiro atoms. The zero-order valence-corrected chi connectivity index (χ0v) is 12.1. The molecule has 7 heteroatoms. The monoisotopic (exact) mass is 321 g/mol. The van der Waals surface area contributed by atoms with Crippen LogP contribution in [-0.4, -0.2) is 17.8 Å². The predicted octanol–water partition coefficient (Wildman–Crippen LogP) is -0.0257. The first kappa shape index (κ1) is 16.0. The van der Waals surface area contributed by atoms with Crippen LogP contribution < -0.4 is 15.5 Å². The fourth-order valence-electron chi connectivity index (χ4n) is 2.36. The first-order valence-electron chi connectivity index (χ1n) is 6.57. The Balaban J connectivity index is 2.18. The van der Waals surface area contributed by atoms with Crippen molar-refractivity contribution in [2.24, 2.45) is 11.8 Å². The van der Waals surface area contributed by atoms with Crippen LogP contribution in [-0.2, 0) is 9.59 Å². The van der Waals surface area contributed by atoms with Gasteiger partial charge < -0.3 is 25.1 Å². The zero-order chi connectivity index (χ0) is 16.3. The molecule has 1 aromatic rings. The summed E-state index contributed by atoms with van der Waals surface area (Å²) in [7, 11) is 0. The Morgan fingerprint density at radius 3 is 2.32 bits per heavy atom. The van der Waals surface area contributed by atoms with Crippen molar-refractivity contribution in [2.45, 2.75) is 12.8 Å². The molecule has 1 aromatic carbocycles. The second kappa shape index (κ2) is 6.62. The smallest absolute Gasteiger partial charge is 0.228 e. The standard InChI is InChI=1S/C15H14ClNO5/c16-12-6-5-8(7-11(12)15(21)22)17-13(18)9-3-1-2-4-10(9)14(19)20/h1-2,5-7,9-10H,3-4H2,(H,17,18)(H,19,20)(H,21,22)/p-2/t9-,10-/m0/s1. The Labute approximate surface area is 131 Å². The van der Waals surface area contributed by atoms with Gasteiger partial charge in [-0.25, -0.2) is 0 Å². The normalized spacial score (nSPS) is 20.4. The van der Waals surface area contributed by atoms with Crippen LogP contribution in [0.4, 0.5) is 5.69 Å². The number of carbonyl (C=O) groups excluding carboxylic acids is 3. The number of aromatic carboxylic acids is 1. The molecule has 2 atom stereocenters. The van der Waals surface area contributed by atoms with E-state index >= 15 is 0 Å². The highest BCUT2D eigenvalue weighted by atomic mass is 35.5. The van der Waals surface area contributed by atoms with Gasteiger partial charge in [0.1, 0.15) is 0 Å². The van der Waals surface area contributed by atoms with Crippen LogP contribution in [0.1, 0.15) is 23.2 Å². The van der Waals surface area contributed by atoms with E-state index in [2.05, 4.69) is 5.32 Å². The van der Waals surface area contributed by atoms with Gasteiger partial charge in [-0.3, -0.25) is 4.79 Å². The molecule has 1 N–H and O–H groups in total. The number of rotatable bonds is 4. The van der Waals surface area contributed by atoms with E-state index in [1.54, 1.807) is 12.2 Å². The molecular weight excluding hydrogens is 310 g/mol. The van der Waals surface area contributed by atoms with Gasteiger partial charge >= 0.3 is 0 Å². The molecule has 0 bridgehead atoms. The third-order valence-corrected chi connectivity index (χ3v) is 3.86. The molecule has 0 heterocycles. The van der Waals surface area contributed by atoms with Gasteiger partial charge in [0.25, 0.3) is 0 Å². The Hall–Kier alpha value is -2.34. The quantitative estimate of drug-likeness (QED) is 0.783. The van der Waals surface area contributed by atoms with Gasteiger partial charge in [-0.05, 0) is 31.0 Å². The fourth-order valence-corrected chi connectivity index (χ4v) is 2.55. The Morgan fingerprint density at radius 2 is 1.73 bits per heavy atom. The summed E-state index contributed by atoms with van der Waals surface area (Å²) in [5.74, 6) is -4.93. The number of carboxylic acid groups (broad SMARTS) is 2. The molecule has 6 nitrogen and oxygen atoms in total. The van der Waals surface area contributed by atoms with Crippen LogP contribution >= 0.6 is 11.6 Å². The molecule has 1 aliphatic carbocycles. The van der Waals surface area contributed by atoms with Crippen molar-refractivity contribution in [3.63, 3.8) is 0 Å². The van der Waals surface area contributed by atoms with Crippen LogP contribution in [0.25, 0.3) is 0 Å². The number of carbonyl (C=O) groups is 3. The predicted molar refractivity (Wildman–Crippen MR) is 74.8 cm³/mol. The van der Waals surface area contributed by atoms with Crippen molar-refractivity contribution in [3.8, 4) is 0 Å². The van der Waals surface area contributed by atoms with E-state index in [1.807, 2.05) is 0 Å². The van der Waals surface area contributed by atoms with Crippen LogP contribution in [0.3, 0.4) is 0 Å². The van der Waals surface area contributed by atoms with Gasteiger partial charge in [-0.1, -0.05) is 23.8 Å². The third-order valence-electron chi connectivity index (χ3n) is 3.53. The number of anilines is 1. The lowest BCUT2D eigenvalue weighted by Gasteiger charge is -2.28. The number of benzene rings is 1. The second-order valence-corrected chi connectivity index (χ2v) is 5.35. The zero-order valence-electron chi connectivity index (χ0n) is 11.4. The minimum Gasteiger partial charge on any atom is -0.550 e. The number of hydrogen-bond acceptors (Lipinski definition) is 5. The van der Waals surface area contributed by atoms with Crippen molar-refractivity contribution in [3.05, 3.63) is 40.9 Å². The molecular formula is C15H12ClNO5-2. The second-order valence-electron chi connectivity index (χ2n) is 4.95. The first-order valence-corrected chi connectivity index (χ1v) is 6.95. The van der Waals surface area contributed by atoms with Gasteiger partial charge in [0.05, 0.1) is 11.9 Å². The van der Waals surface area contributed by atoms with E-state index in [1.165, 1.54) is 18.2 Å². The highest BCUT2D eigenvalue weighted by molar-refractivity contribution is 6.33. The van der Waals surface area contributed by atoms with E-state index in [-0.39, 0.29) is 29.1 Å². The third kappa shape index (κ3) is 3.46.